The van der Waals surface area contributed by atoms with E-state index in [4.69, 9.17) is 27.8 Å². The molecule has 24 heavy (non-hydrogen) atoms. The van der Waals surface area contributed by atoms with Gasteiger partial charge in [-0.3, -0.25) is 4.90 Å². The molecule has 0 amide bonds. The van der Waals surface area contributed by atoms with Gasteiger partial charge in [-0.2, -0.15) is 0 Å². The monoisotopic (exact) mass is 346 g/mol. The zero-order chi connectivity index (χ0) is 16.9. The predicted molar refractivity (Wildman–Crippen MR) is 101 cm³/mol. The normalized spacial score (nSPS) is 15.5. The first-order chi connectivity index (χ1) is 11.6. The van der Waals surface area contributed by atoms with Crippen LogP contribution in [0.15, 0.2) is 42.5 Å². The lowest BCUT2D eigenvalue weighted by molar-refractivity contribution is 0.200. The third kappa shape index (κ3) is 4.04. The summed E-state index contributed by atoms with van der Waals surface area (Å²) in [5.74, 6) is 0.761. The molecule has 2 aromatic carbocycles. The van der Waals surface area contributed by atoms with Gasteiger partial charge in [0.1, 0.15) is 12.4 Å². The second-order valence-electron chi connectivity index (χ2n) is 5.92. The quantitative estimate of drug-likeness (QED) is 0.815. The van der Waals surface area contributed by atoms with Gasteiger partial charge in [0.25, 0.3) is 0 Å². The van der Waals surface area contributed by atoms with E-state index in [1.807, 2.05) is 24.3 Å². The van der Waals surface area contributed by atoms with Crippen molar-refractivity contribution < 1.29 is 4.74 Å². The molecule has 3 rings (SSSR count). The van der Waals surface area contributed by atoms with Gasteiger partial charge in [-0.15, -0.1) is 0 Å². The van der Waals surface area contributed by atoms with Gasteiger partial charge in [-0.05, 0) is 24.3 Å². The second kappa shape index (κ2) is 7.64. The Bertz CT molecular complexity index is 686. The molecule has 0 aromatic heterocycles. The number of anilines is 3. The first-order valence-corrected chi connectivity index (χ1v) is 8.51. The third-order valence-corrected chi connectivity index (χ3v) is 4.62. The first-order valence-electron chi connectivity index (χ1n) is 8.13. The fraction of sp³-hybridized carbons (Fsp3) is 0.333. The predicted octanol–water partition coefficient (Wildman–Crippen LogP) is 2.71. The van der Waals surface area contributed by atoms with Crippen LogP contribution in [0.3, 0.4) is 0 Å². The number of nitrogens with zero attached hydrogens (tertiary/aromatic N) is 2. The summed E-state index contributed by atoms with van der Waals surface area (Å²) < 4.78 is 5.76. The number of hydrogen-bond donors (Lipinski definition) is 2. The van der Waals surface area contributed by atoms with Gasteiger partial charge >= 0.3 is 0 Å². The molecule has 6 heteroatoms. The number of hydrogen-bond acceptors (Lipinski definition) is 5. The summed E-state index contributed by atoms with van der Waals surface area (Å²) in [5, 5.41) is 0.815. The molecular formula is C18H23ClN4O. The van der Waals surface area contributed by atoms with Gasteiger partial charge in [-0.25, -0.2) is 0 Å². The Hall–Kier alpha value is -2.11. The van der Waals surface area contributed by atoms with Crippen molar-refractivity contribution in [2.45, 2.75) is 0 Å². The van der Waals surface area contributed by atoms with Crippen molar-refractivity contribution in [2.75, 3.05) is 55.7 Å². The summed E-state index contributed by atoms with van der Waals surface area (Å²) in [4.78, 5) is 4.73. The maximum Gasteiger partial charge on any atom is 0.121 e. The Kier molecular flexibility index (Phi) is 5.33. The highest BCUT2D eigenvalue weighted by Crippen LogP contribution is 2.26. The Morgan fingerprint density at radius 2 is 1.71 bits per heavy atom. The van der Waals surface area contributed by atoms with E-state index in [0.717, 1.165) is 49.2 Å². The molecule has 0 bridgehead atoms. The van der Waals surface area contributed by atoms with Crippen LogP contribution in [0.4, 0.5) is 17.1 Å². The van der Waals surface area contributed by atoms with Crippen molar-refractivity contribution in [3.8, 4) is 5.75 Å². The summed E-state index contributed by atoms with van der Waals surface area (Å²) in [5.41, 5.74) is 13.7. The lowest BCUT2D eigenvalue weighted by atomic mass is 10.2. The number of para-hydroxylation sites is 1. The van der Waals surface area contributed by atoms with Gasteiger partial charge in [0.05, 0.1) is 22.1 Å². The van der Waals surface area contributed by atoms with Crippen LogP contribution in [0.25, 0.3) is 0 Å². The topological polar surface area (TPSA) is 67.8 Å². The van der Waals surface area contributed by atoms with Gasteiger partial charge in [0.15, 0.2) is 0 Å². The Balaban J connectivity index is 1.44. The molecule has 1 aliphatic rings. The molecule has 1 fully saturated rings. The number of benzene rings is 2. The van der Waals surface area contributed by atoms with E-state index in [1.165, 1.54) is 0 Å². The van der Waals surface area contributed by atoms with Gasteiger partial charge in [0.2, 0.25) is 0 Å². The van der Waals surface area contributed by atoms with Crippen LogP contribution < -0.4 is 21.1 Å². The van der Waals surface area contributed by atoms with Crippen molar-refractivity contribution in [2.24, 2.45) is 0 Å². The van der Waals surface area contributed by atoms with Crippen molar-refractivity contribution in [1.29, 1.82) is 0 Å². The number of piperazine rings is 1. The van der Waals surface area contributed by atoms with Crippen LogP contribution in [0.5, 0.6) is 5.75 Å². The number of ether oxygens (including phenoxy) is 1. The molecule has 5 nitrogen and oxygen atoms in total. The van der Waals surface area contributed by atoms with Crippen LogP contribution in [0.2, 0.25) is 5.02 Å². The molecule has 128 valence electrons. The minimum atomic E-state index is 0.556. The number of rotatable bonds is 5. The molecule has 1 aliphatic heterocycles. The lowest BCUT2D eigenvalue weighted by Crippen LogP contribution is -2.47. The average Bonchev–Trinajstić information content (AvgIpc) is 2.59. The Labute approximate surface area is 147 Å². The van der Waals surface area contributed by atoms with Gasteiger partial charge < -0.3 is 21.1 Å². The zero-order valence-corrected chi connectivity index (χ0v) is 14.4. The zero-order valence-electron chi connectivity index (χ0n) is 13.6. The molecule has 0 radical (unpaired) electrons. The average molecular weight is 347 g/mol. The molecule has 0 unspecified atom stereocenters. The maximum absolute atomic E-state index is 6.27. The van der Waals surface area contributed by atoms with E-state index in [0.29, 0.717) is 18.0 Å². The molecule has 0 aliphatic carbocycles. The van der Waals surface area contributed by atoms with Gasteiger partial charge in [-0.1, -0.05) is 23.7 Å². The maximum atomic E-state index is 6.27. The second-order valence-corrected chi connectivity index (χ2v) is 6.33. The lowest BCUT2D eigenvalue weighted by Gasteiger charge is -2.36. The Morgan fingerprint density at radius 1 is 0.958 bits per heavy atom. The minimum absolute atomic E-state index is 0.556. The smallest absolute Gasteiger partial charge is 0.121 e. The van der Waals surface area contributed by atoms with E-state index < -0.39 is 0 Å². The molecule has 4 N–H and O–H groups in total. The minimum Gasteiger partial charge on any atom is -0.492 e. The first kappa shape index (κ1) is 16.7. The van der Waals surface area contributed by atoms with Crippen LogP contribution >= 0.6 is 11.6 Å². The third-order valence-electron chi connectivity index (χ3n) is 4.30. The number of halogens is 1. The molecule has 0 spiro atoms. The molecule has 1 heterocycles. The summed E-state index contributed by atoms with van der Waals surface area (Å²) >= 11 is 6.27. The standard InChI is InChI=1S/C18H23ClN4O/c19-15-3-1-2-4-18(15)23-9-7-22(8-10-23)11-12-24-14-5-6-16(20)17(21)13-14/h1-6,13H,7-12,20-21H2. The summed E-state index contributed by atoms with van der Waals surface area (Å²) in [6, 6.07) is 13.4. The van der Waals surface area contributed by atoms with E-state index >= 15 is 0 Å². The SMILES string of the molecule is Nc1ccc(OCCN2CCN(c3ccccc3Cl)CC2)cc1N. The summed E-state index contributed by atoms with van der Waals surface area (Å²) in [7, 11) is 0. The van der Waals surface area contributed by atoms with Crippen LogP contribution in [0, 0.1) is 0 Å². The highest BCUT2D eigenvalue weighted by molar-refractivity contribution is 6.33. The van der Waals surface area contributed by atoms with Crippen LogP contribution in [-0.4, -0.2) is 44.2 Å². The van der Waals surface area contributed by atoms with Crippen LogP contribution in [-0.2, 0) is 0 Å². The largest absolute Gasteiger partial charge is 0.492 e. The number of nitrogen functional groups attached to an aromatic ring is 2. The van der Waals surface area contributed by atoms with E-state index in [-0.39, 0.29) is 0 Å². The molecule has 2 aromatic rings. The highest BCUT2D eigenvalue weighted by Gasteiger charge is 2.18. The van der Waals surface area contributed by atoms with E-state index in [9.17, 15) is 0 Å². The van der Waals surface area contributed by atoms with Crippen molar-refractivity contribution in [1.82, 2.24) is 4.90 Å². The molecule has 0 saturated carbocycles. The fourth-order valence-corrected chi connectivity index (χ4v) is 3.11. The van der Waals surface area contributed by atoms with E-state index in [2.05, 4.69) is 15.9 Å². The fourth-order valence-electron chi connectivity index (χ4n) is 2.86. The van der Waals surface area contributed by atoms with Crippen molar-refractivity contribution >= 4 is 28.7 Å². The molecular weight excluding hydrogens is 324 g/mol. The van der Waals surface area contributed by atoms with Crippen molar-refractivity contribution in [3.63, 3.8) is 0 Å². The van der Waals surface area contributed by atoms with Crippen molar-refractivity contribution in [3.05, 3.63) is 47.5 Å². The van der Waals surface area contributed by atoms with E-state index in [1.54, 1.807) is 12.1 Å². The van der Waals surface area contributed by atoms with Gasteiger partial charge in [0, 0.05) is 38.8 Å². The molecule has 0 atom stereocenters. The summed E-state index contributed by atoms with van der Waals surface area (Å²) in [6.45, 7) is 5.46. The Morgan fingerprint density at radius 3 is 2.42 bits per heavy atom. The number of nitrogens with two attached hydrogens (primary N) is 2. The highest BCUT2D eigenvalue weighted by atomic mass is 35.5. The van der Waals surface area contributed by atoms with Crippen LogP contribution in [0.1, 0.15) is 0 Å². The molecule has 1 saturated heterocycles. The summed E-state index contributed by atoms with van der Waals surface area (Å²) in [6.07, 6.45) is 0.